The third-order valence-corrected chi connectivity index (χ3v) is 8.19. The highest BCUT2D eigenvalue weighted by molar-refractivity contribution is 7.17. The van der Waals surface area contributed by atoms with Crippen LogP contribution in [0, 0.1) is 0 Å². The van der Waals surface area contributed by atoms with Crippen LogP contribution in [0.3, 0.4) is 0 Å². The molecule has 5 rings (SSSR count). The van der Waals surface area contributed by atoms with E-state index in [4.69, 9.17) is 4.74 Å². The molecule has 1 aliphatic heterocycles. The summed E-state index contributed by atoms with van der Waals surface area (Å²) in [5, 5.41) is 10.0. The van der Waals surface area contributed by atoms with Gasteiger partial charge in [-0.25, -0.2) is 0 Å². The third-order valence-electron chi connectivity index (χ3n) is 6.98. The molecule has 3 aliphatic rings. The number of carbonyl (C=O) groups is 2. The van der Waals surface area contributed by atoms with Gasteiger partial charge in [-0.1, -0.05) is 0 Å². The van der Waals surface area contributed by atoms with E-state index in [-0.39, 0.29) is 24.1 Å². The number of halogens is 3. The number of aryl methyl sites for hydroxylation is 1. The molecule has 1 saturated heterocycles. The first-order valence-electron chi connectivity index (χ1n) is 12.3. The SMILES string of the molecule is O=C(Cn1nc(C(F)(F)F)c2c1CCCC2)Nc1sc2c(c1C(=O)NCC1CCCO1)CCCC2. The van der Waals surface area contributed by atoms with Crippen LogP contribution in [0.25, 0.3) is 0 Å². The molecule has 2 aromatic rings. The topological polar surface area (TPSA) is 85.2 Å². The van der Waals surface area contributed by atoms with Gasteiger partial charge in [-0.05, 0) is 69.8 Å². The van der Waals surface area contributed by atoms with Crippen molar-refractivity contribution in [3.05, 3.63) is 33.0 Å². The first kappa shape index (κ1) is 24.3. The zero-order valence-electron chi connectivity index (χ0n) is 19.4. The van der Waals surface area contributed by atoms with Crippen LogP contribution in [0.2, 0.25) is 0 Å². The number of anilines is 1. The van der Waals surface area contributed by atoms with Gasteiger partial charge in [0.15, 0.2) is 5.69 Å². The third kappa shape index (κ3) is 5.11. The number of fused-ring (bicyclic) bond motifs is 2. The molecule has 0 aromatic carbocycles. The van der Waals surface area contributed by atoms with Crippen LogP contribution >= 0.6 is 11.3 Å². The highest BCUT2D eigenvalue weighted by atomic mass is 32.1. The van der Waals surface area contributed by atoms with Gasteiger partial charge in [-0.3, -0.25) is 14.3 Å². The molecule has 2 N–H and O–H groups in total. The van der Waals surface area contributed by atoms with E-state index in [1.54, 1.807) is 0 Å². The molecular weight excluding hydrogens is 481 g/mol. The molecule has 7 nitrogen and oxygen atoms in total. The lowest BCUT2D eigenvalue weighted by Gasteiger charge is -2.15. The monoisotopic (exact) mass is 510 g/mol. The van der Waals surface area contributed by atoms with Crippen LogP contribution in [0.1, 0.15) is 76.3 Å². The smallest absolute Gasteiger partial charge is 0.376 e. The first-order chi connectivity index (χ1) is 16.8. The van der Waals surface area contributed by atoms with Crippen molar-refractivity contribution in [3.8, 4) is 0 Å². The van der Waals surface area contributed by atoms with E-state index in [9.17, 15) is 22.8 Å². The van der Waals surface area contributed by atoms with E-state index in [1.165, 1.54) is 16.0 Å². The summed E-state index contributed by atoms with van der Waals surface area (Å²) < 4.78 is 47.3. The Kier molecular flexibility index (Phi) is 6.89. The van der Waals surface area contributed by atoms with Gasteiger partial charge in [0.2, 0.25) is 5.91 Å². The lowest BCUT2D eigenvalue weighted by molar-refractivity contribution is -0.142. The van der Waals surface area contributed by atoms with Crippen molar-refractivity contribution < 1.29 is 27.5 Å². The highest BCUT2D eigenvalue weighted by Gasteiger charge is 2.39. The van der Waals surface area contributed by atoms with Crippen LogP contribution in [0.4, 0.5) is 18.2 Å². The van der Waals surface area contributed by atoms with Crippen LogP contribution in [-0.2, 0) is 47.9 Å². The Morgan fingerprint density at radius 2 is 1.80 bits per heavy atom. The molecule has 1 fully saturated rings. The van der Waals surface area contributed by atoms with Crippen molar-refractivity contribution in [1.82, 2.24) is 15.1 Å². The van der Waals surface area contributed by atoms with E-state index < -0.39 is 17.8 Å². The normalized spacial score (nSPS) is 19.8. The molecule has 35 heavy (non-hydrogen) atoms. The fraction of sp³-hybridized carbons (Fsp3) is 0.625. The van der Waals surface area contributed by atoms with Gasteiger partial charge in [-0.15, -0.1) is 11.3 Å². The van der Waals surface area contributed by atoms with E-state index in [0.717, 1.165) is 55.4 Å². The Morgan fingerprint density at radius 1 is 1.06 bits per heavy atom. The number of carbonyl (C=O) groups excluding carboxylic acids is 2. The quantitative estimate of drug-likeness (QED) is 0.608. The molecule has 2 aliphatic carbocycles. The lowest BCUT2D eigenvalue weighted by atomic mass is 9.95. The van der Waals surface area contributed by atoms with Crippen molar-refractivity contribution in [2.75, 3.05) is 18.5 Å². The summed E-state index contributed by atoms with van der Waals surface area (Å²) in [5.74, 6) is -0.729. The maximum Gasteiger partial charge on any atom is 0.435 e. The standard InChI is InChI=1S/C24H29F3N4O3S/c25-24(26,27)21-15-7-1-3-9-17(15)31(30-21)13-19(32)29-23-20(16-8-2-4-10-18(16)35-23)22(33)28-12-14-6-5-11-34-14/h14H,1-13H2,(H,28,33)(H,29,32). The number of thiophene rings is 1. The molecule has 0 radical (unpaired) electrons. The Labute approximate surface area is 205 Å². The number of hydrogen-bond donors (Lipinski definition) is 2. The van der Waals surface area contributed by atoms with Gasteiger partial charge < -0.3 is 15.4 Å². The second kappa shape index (κ2) is 9.93. The predicted octanol–water partition coefficient (Wildman–Crippen LogP) is 4.27. The molecule has 1 atom stereocenters. The van der Waals surface area contributed by atoms with Crippen LogP contribution < -0.4 is 10.6 Å². The Morgan fingerprint density at radius 3 is 2.54 bits per heavy atom. The minimum absolute atomic E-state index is 0.000253. The highest BCUT2D eigenvalue weighted by Crippen LogP contribution is 2.39. The van der Waals surface area contributed by atoms with Gasteiger partial charge in [0.25, 0.3) is 5.91 Å². The number of aromatic nitrogens is 2. The van der Waals surface area contributed by atoms with E-state index in [0.29, 0.717) is 48.7 Å². The molecule has 3 heterocycles. The van der Waals surface area contributed by atoms with Crippen molar-refractivity contribution in [3.63, 3.8) is 0 Å². The average molecular weight is 511 g/mol. The minimum atomic E-state index is -4.55. The zero-order chi connectivity index (χ0) is 24.6. The summed E-state index contributed by atoms with van der Waals surface area (Å²) >= 11 is 1.39. The molecular formula is C24H29F3N4O3S. The van der Waals surface area contributed by atoms with Crippen LogP contribution in [0.15, 0.2) is 0 Å². The van der Waals surface area contributed by atoms with Crippen molar-refractivity contribution in [1.29, 1.82) is 0 Å². The Balaban J connectivity index is 1.35. The summed E-state index contributed by atoms with van der Waals surface area (Å²) in [6, 6.07) is 0. The molecule has 0 bridgehead atoms. The summed E-state index contributed by atoms with van der Waals surface area (Å²) in [7, 11) is 0. The fourth-order valence-corrected chi connectivity index (χ4v) is 6.63. The summed E-state index contributed by atoms with van der Waals surface area (Å²) in [6.07, 6.45) is 3.18. The molecule has 11 heteroatoms. The van der Waals surface area contributed by atoms with Crippen molar-refractivity contribution in [2.24, 2.45) is 0 Å². The van der Waals surface area contributed by atoms with Crippen LogP contribution in [0.5, 0.6) is 0 Å². The predicted molar refractivity (Wildman–Crippen MR) is 125 cm³/mol. The van der Waals surface area contributed by atoms with Gasteiger partial charge >= 0.3 is 6.18 Å². The number of nitrogens with zero attached hydrogens (tertiary/aromatic N) is 2. The van der Waals surface area contributed by atoms with Crippen LogP contribution in [-0.4, -0.2) is 40.9 Å². The van der Waals surface area contributed by atoms with E-state index in [1.807, 2.05) is 0 Å². The second-order valence-electron chi connectivity index (χ2n) is 9.44. The van der Waals surface area contributed by atoms with E-state index >= 15 is 0 Å². The average Bonchev–Trinajstić information content (AvgIpc) is 3.55. The largest absolute Gasteiger partial charge is 0.435 e. The molecule has 2 aromatic heterocycles. The van der Waals surface area contributed by atoms with Crippen molar-refractivity contribution in [2.45, 2.75) is 83.0 Å². The second-order valence-corrected chi connectivity index (χ2v) is 10.5. The molecule has 2 amide bonds. The fourth-order valence-electron chi connectivity index (χ4n) is 5.33. The molecule has 1 unspecified atom stereocenters. The first-order valence-corrected chi connectivity index (χ1v) is 13.1. The van der Waals surface area contributed by atoms with Gasteiger partial charge in [0.1, 0.15) is 11.5 Å². The molecule has 0 saturated carbocycles. The van der Waals surface area contributed by atoms with Gasteiger partial charge in [0, 0.05) is 29.3 Å². The van der Waals surface area contributed by atoms with Crippen molar-refractivity contribution >= 4 is 28.2 Å². The number of hydrogen-bond acceptors (Lipinski definition) is 5. The maximum absolute atomic E-state index is 13.5. The Bertz CT molecular complexity index is 1120. The van der Waals surface area contributed by atoms with E-state index in [2.05, 4.69) is 15.7 Å². The summed E-state index contributed by atoms with van der Waals surface area (Å²) in [4.78, 5) is 27.2. The molecule has 190 valence electrons. The lowest BCUT2D eigenvalue weighted by Crippen LogP contribution is -2.33. The van der Waals surface area contributed by atoms with Gasteiger partial charge in [0.05, 0.1) is 11.7 Å². The number of amides is 2. The number of nitrogens with one attached hydrogen (secondary N) is 2. The number of alkyl halides is 3. The maximum atomic E-state index is 13.5. The summed E-state index contributed by atoms with van der Waals surface area (Å²) in [6.45, 7) is 0.789. The number of rotatable bonds is 6. The van der Waals surface area contributed by atoms with Gasteiger partial charge in [-0.2, -0.15) is 18.3 Å². The minimum Gasteiger partial charge on any atom is -0.376 e. The Hall–Kier alpha value is -2.40. The number of ether oxygens (including phenoxy) is 1. The zero-order valence-corrected chi connectivity index (χ0v) is 20.2. The summed E-state index contributed by atoms with van der Waals surface area (Å²) in [5.41, 5.74) is 1.25. The molecule has 0 spiro atoms.